The molecule has 0 aliphatic carbocycles. The first-order chi connectivity index (χ1) is 38.4. The summed E-state index contributed by atoms with van der Waals surface area (Å²) in [5.41, 5.74) is 14.3. The van der Waals surface area contributed by atoms with E-state index in [1.807, 2.05) is 120 Å². The van der Waals surface area contributed by atoms with Crippen molar-refractivity contribution >= 4 is 111 Å². The Bertz CT molecular complexity index is 3080. The van der Waals surface area contributed by atoms with Crippen molar-refractivity contribution in [2.24, 2.45) is 26.1 Å². The average Bonchev–Trinajstić information content (AvgIpc) is 4.08. The standard InChI is InChI=1S/2C20H26ClN3O2S.C20H24ClN3O2S/c3*1-6-26-17(25)10-16-12(3)22-20-18(13(4)23-24(20)5)19(27-16)15-8-7-14(21)9-11(15)2/h2*7-9,12,16,19,22H,6,10H2,1-5H3;7-9,16,19H,6,10H2,1-5H3/t12-,16+,19+;12-,16+,19-;/m11./s1. The van der Waals surface area contributed by atoms with Gasteiger partial charge >= 0.3 is 17.9 Å². The monoisotopic (exact) mass is 1220 g/mol. The third kappa shape index (κ3) is 15.0. The van der Waals surface area contributed by atoms with Crippen LogP contribution in [0.25, 0.3) is 0 Å². The quantitative estimate of drug-likeness (QED) is 0.0877. The summed E-state index contributed by atoms with van der Waals surface area (Å²) in [7, 11) is 5.81. The van der Waals surface area contributed by atoms with E-state index in [1.54, 1.807) is 35.3 Å². The molecule has 9 rings (SSSR count). The second-order valence-electron chi connectivity index (χ2n) is 20.7. The molecule has 3 aromatic carbocycles. The molecule has 0 radical (unpaired) electrons. The van der Waals surface area contributed by atoms with E-state index in [-0.39, 0.29) is 61.5 Å². The number of carbonyl (C=O) groups excluding carboxylic acids is 3. The van der Waals surface area contributed by atoms with Gasteiger partial charge in [-0.25, -0.2) is 4.99 Å². The number of fused-ring (bicyclic) bond motifs is 3. The fourth-order valence-corrected chi connectivity index (χ4v) is 16.3. The third-order valence-corrected chi connectivity index (χ3v) is 20.3. The van der Waals surface area contributed by atoms with Crippen molar-refractivity contribution in [3.63, 3.8) is 0 Å². The maximum atomic E-state index is 12.2. The number of nitrogens with zero attached hydrogens (tertiary/aromatic N) is 7. The molecule has 0 spiro atoms. The smallest absolute Gasteiger partial charge is 0.307 e. The maximum Gasteiger partial charge on any atom is 0.307 e. The molecule has 0 saturated carbocycles. The molecule has 15 nitrogen and oxygen atoms in total. The fourth-order valence-electron chi connectivity index (χ4n) is 10.6. The summed E-state index contributed by atoms with van der Waals surface area (Å²) in [4.78, 5) is 41.3. The van der Waals surface area contributed by atoms with Crippen molar-refractivity contribution in [3.05, 3.63) is 137 Å². The largest absolute Gasteiger partial charge is 0.466 e. The van der Waals surface area contributed by atoms with Crippen molar-refractivity contribution in [2.45, 2.75) is 146 Å². The number of benzene rings is 3. The molecule has 3 aromatic heterocycles. The Hall–Kier alpha value is -5.11. The predicted molar refractivity (Wildman–Crippen MR) is 335 cm³/mol. The van der Waals surface area contributed by atoms with Crippen LogP contribution in [0.4, 0.5) is 17.5 Å². The van der Waals surface area contributed by atoms with E-state index >= 15 is 0 Å². The first-order valence-corrected chi connectivity index (χ1v) is 31.3. The Morgan fingerprint density at radius 2 is 0.864 bits per heavy atom. The summed E-state index contributed by atoms with van der Waals surface area (Å²) >= 11 is 23.9. The zero-order valence-electron chi connectivity index (χ0n) is 49.0. The maximum absolute atomic E-state index is 12.2. The van der Waals surface area contributed by atoms with Gasteiger partial charge in [-0.2, -0.15) is 15.3 Å². The number of hydrogen-bond acceptors (Lipinski definition) is 15. The Balaban J connectivity index is 0.000000175. The van der Waals surface area contributed by atoms with Gasteiger partial charge in [-0.05, 0) is 153 Å². The van der Waals surface area contributed by atoms with E-state index in [2.05, 4.69) is 78.7 Å². The number of aromatic nitrogens is 6. The highest BCUT2D eigenvalue weighted by molar-refractivity contribution is 8.01. The molecule has 0 saturated heterocycles. The van der Waals surface area contributed by atoms with Crippen LogP contribution in [0.3, 0.4) is 0 Å². The van der Waals surface area contributed by atoms with Gasteiger partial charge in [-0.3, -0.25) is 28.4 Å². The minimum Gasteiger partial charge on any atom is -0.466 e. The summed E-state index contributed by atoms with van der Waals surface area (Å²) in [5, 5.41) is 23.5. The van der Waals surface area contributed by atoms with Crippen molar-refractivity contribution < 1.29 is 28.6 Å². The average molecular weight is 1220 g/mol. The molecule has 6 aromatic rings. The van der Waals surface area contributed by atoms with E-state index in [0.29, 0.717) is 44.1 Å². The highest BCUT2D eigenvalue weighted by atomic mass is 35.5. The molecule has 0 amide bonds. The lowest BCUT2D eigenvalue weighted by Crippen LogP contribution is -2.31. The predicted octanol–water partition coefficient (Wildman–Crippen LogP) is 14.2. The molecule has 436 valence electrons. The molecule has 0 fully saturated rings. The van der Waals surface area contributed by atoms with Crippen molar-refractivity contribution in [3.8, 4) is 0 Å². The number of aliphatic imine (C=N–C) groups is 1. The van der Waals surface area contributed by atoms with Gasteiger partial charge in [0.2, 0.25) is 0 Å². The van der Waals surface area contributed by atoms with Gasteiger partial charge in [0.25, 0.3) is 0 Å². The Kier molecular flexibility index (Phi) is 21.9. The second-order valence-corrected chi connectivity index (χ2v) is 26.0. The lowest BCUT2D eigenvalue weighted by molar-refractivity contribution is -0.144. The van der Waals surface area contributed by atoms with Gasteiger partial charge in [0.1, 0.15) is 11.6 Å². The van der Waals surface area contributed by atoms with Crippen LogP contribution in [0, 0.1) is 41.5 Å². The molecule has 6 heterocycles. The van der Waals surface area contributed by atoms with Gasteiger partial charge in [0, 0.05) is 81.2 Å². The zero-order valence-corrected chi connectivity index (χ0v) is 53.7. The number of esters is 3. The molecule has 8 atom stereocenters. The number of thioether (sulfide) groups is 3. The third-order valence-electron chi connectivity index (χ3n) is 14.6. The van der Waals surface area contributed by atoms with Gasteiger partial charge in [0.05, 0.1) is 77.2 Å². The van der Waals surface area contributed by atoms with Crippen LogP contribution < -0.4 is 10.6 Å². The molecule has 2 unspecified atom stereocenters. The van der Waals surface area contributed by atoms with Crippen LogP contribution in [0.1, 0.15) is 144 Å². The number of anilines is 2. The Morgan fingerprint density at radius 3 is 1.23 bits per heavy atom. The number of aryl methyl sites for hydroxylation is 9. The molecule has 81 heavy (non-hydrogen) atoms. The lowest BCUT2D eigenvalue weighted by atomic mass is 9.99. The van der Waals surface area contributed by atoms with Gasteiger partial charge in [0.15, 0.2) is 5.82 Å². The number of carbonyl (C=O) groups is 3. The topological polar surface area (TPSA) is 169 Å². The number of hydrogen-bond donors (Lipinski definition) is 2. The summed E-state index contributed by atoms with van der Waals surface area (Å²) < 4.78 is 21.2. The number of ether oxygens (including phenoxy) is 3. The lowest BCUT2D eigenvalue weighted by Gasteiger charge is -2.25. The summed E-state index contributed by atoms with van der Waals surface area (Å²) in [5.74, 6) is 2.36. The summed E-state index contributed by atoms with van der Waals surface area (Å²) in [6.07, 6.45) is 1.05. The fraction of sp³-hybridized carbons (Fsp3) is 0.483. The molecule has 21 heteroatoms. The minimum absolute atomic E-state index is 0.0200. The van der Waals surface area contributed by atoms with Crippen LogP contribution in [-0.4, -0.2) is 101 Å². The highest BCUT2D eigenvalue weighted by Gasteiger charge is 2.39. The number of nitrogens with one attached hydrogen (secondary N) is 2. The number of halogens is 3. The highest BCUT2D eigenvalue weighted by Crippen LogP contribution is 2.51. The van der Waals surface area contributed by atoms with Crippen LogP contribution in [0.15, 0.2) is 59.6 Å². The SMILES string of the molecule is CCOC(=O)CC1SC(c2ccc(Cl)cc2C)c2c(C)nn(C)c2N=C1C.CCOC(=O)C[C@@H]1S[C@@H](c2ccc(Cl)cc2C)c2c(C)nn(C)c2N[C@@H]1C.CCOC(=O)C[C@@H]1S[C@H](c2ccc(Cl)cc2C)c2c(C)nn(C)c2N[C@@H]1C. The van der Waals surface area contributed by atoms with Crippen LogP contribution in [0.2, 0.25) is 15.1 Å². The molecule has 3 aliphatic heterocycles. The Labute approximate surface area is 505 Å². The van der Waals surface area contributed by atoms with E-state index in [4.69, 9.17) is 54.0 Å². The van der Waals surface area contributed by atoms with E-state index < -0.39 is 0 Å². The van der Waals surface area contributed by atoms with E-state index in [9.17, 15) is 14.4 Å². The van der Waals surface area contributed by atoms with Gasteiger partial charge in [-0.1, -0.05) is 53.0 Å². The summed E-state index contributed by atoms with van der Waals surface area (Å²) in [6.45, 7) is 25.2. The summed E-state index contributed by atoms with van der Waals surface area (Å²) in [6, 6.07) is 18.2. The molecular formula is C60H76Cl3N9O6S3. The Morgan fingerprint density at radius 1 is 0.519 bits per heavy atom. The first kappa shape index (κ1) is 63.5. The second kappa shape index (κ2) is 28.0. The van der Waals surface area contributed by atoms with Crippen LogP contribution in [-0.2, 0) is 49.7 Å². The molecule has 3 aliphatic rings. The minimum atomic E-state index is -0.197. The van der Waals surface area contributed by atoms with Crippen LogP contribution in [0.5, 0.6) is 0 Å². The van der Waals surface area contributed by atoms with E-state index in [1.165, 1.54) is 27.8 Å². The van der Waals surface area contributed by atoms with Crippen molar-refractivity contribution in [2.75, 3.05) is 30.5 Å². The van der Waals surface area contributed by atoms with Crippen LogP contribution >= 0.6 is 70.1 Å². The van der Waals surface area contributed by atoms with Crippen molar-refractivity contribution in [1.82, 2.24) is 29.3 Å². The van der Waals surface area contributed by atoms with E-state index in [0.717, 1.165) is 72.5 Å². The number of rotatable bonds is 12. The van der Waals surface area contributed by atoms with Crippen molar-refractivity contribution in [1.29, 1.82) is 0 Å². The molecule has 2 N–H and O–H groups in total. The first-order valence-electron chi connectivity index (χ1n) is 27.3. The zero-order chi connectivity index (χ0) is 59.1. The van der Waals surface area contributed by atoms with Gasteiger partial charge < -0.3 is 24.8 Å². The molecule has 0 bridgehead atoms. The van der Waals surface area contributed by atoms with Gasteiger partial charge in [-0.15, -0.1) is 35.3 Å². The normalized spacial score (nSPS) is 21.0. The molecular weight excluding hydrogens is 1150 g/mol.